The maximum Gasteiger partial charge on any atom is 0.154 e. The number of piperidine rings is 1. The Labute approximate surface area is 217 Å². The molecule has 38 heavy (non-hydrogen) atoms. The van der Waals surface area contributed by atoms with Crippen molar-refractivity contribution in [2.75, 3.05) is 29.4 Å². The normalized spacial score (nSPS) is 20.7. The van der Waals surface area contributed by atoms with Crippen molar-refractivity contribution in [1.29, 1.82) is 0 Å². The predicted octanol–water partition coefficient (Wildman–Crippen LogP) is 4.82. The number of nitrogens with zero attached hydrogens (tertiary/aromatic N) is 6. The first-order valence-electron chi connectivity index (χ1n) is 12.7. The number of aromatic nitrogens is 4. The van der Waals surface area contributed by atoms with Crippen molar-refractivity contribution >= 4 is 29.3 Å². The van der Waals surface area contributed by atoms with E-state index in [0.29, 0.717) is 17.2 Å². The van der Waals surface area contributed by atoms with E-state index in [4.69, 9.17) is 0 Å². The molecule has 1 N–H and O–H groups in total. The smallest absolute Gasteiger partial charge is 0.154 e. The second kappa shape index (κ2) is 10.1. The molecule has 2 aliphatic heterocycles. The molecule has 0 spiro atoms. The minimum absolute atomic E-state index is 0.0330. The van der Waals surface area contributed by atoms with E-state index in [9.17, 15) is 18.3 Å². The number of hydrogen-bond acceptors (Lipinski definition) is 6. The van der Waals surface area contributed by atoms with Gasteiger partial charge in [-0.25, -0.2) is 22.7 Å². The summed E-state index contributed by atoms with van der Waals surface area (Å²) in [6.07, 6.45) is 7.37. The zero-order chi connectivity index (χ0) is 26.2. The molecule has 7 nitrogen and oxygen atoms in total. The van der Waals surface area contributed by atoms with E-state index in [0.717, 1.165) is 55.5 Å². The van der Waals surface area contributed by atoms with Crippen LogP contribution in [0.15, 0.2) is 54.9 Å². The third-order valence-corrected chi connectivity index (χ3v) is 7.26. The van der Waals surface area contributed by atoms with Gasteiger partial charge in [0.05, 0.1) is 48.2 Å². The molecular weight excluding hydrogens is 493 g/mol. The number of imidazole rings is 1. The first kappa shape index (κ1) is 24.4. The van der Waals surface area contributed by atoms with E-state index in [2.05, 4.69) is 20.0 Å². The largest absolute Gasteiger partial charge is 0.393 e. The number of rotatable bonds is 5. The van der Waals surface area contributed by atoms with Crippen LogP contribution in [0, 0.1) is 11.6 Å². The lowest BCUT2D eigenvalue weighted by Gasteiger charge is -2.31. The number of alkyl halides is 1. The first-order chi connectivity index (χ1) is 18.4. The second-order valence-electron chi connectivity index (χ2n) is 9.80. The second-order valence-corrected chi connectivity index (χ2v) is 9.80. The summed E-state index contributed by atoms with van der Waals surface area (Å²) in [6.45, 7) is 1.65. The third-order valence-electron chi connectivity index (χ3n) is 7.26. The van der Waals surface area contributed by atoms with Crippen molar-refractivity contribution < 1.29 is 18.3 Å². The Morgan fingerprint density at radius 3 is 2.58 bits per heavy atom. The van der Waals surface area contributed by atoms with Gasteiger partial charge in [-0.3, -0.25) is 4.98 Å². The molecule has 0 saturated carbocycles. The van der Waals surface area contributed by atoms with Crippen LogP contribution in [0.25, 0.3) is 17.8 Å². The quantitative estimate of drug-likeness (QED) is 0.407. The molecule has 0 aliphatic carbocycles. The Morgan fingerprint density at radius 1 is 0.947 bits per heavy atom. The Balaban J connectivity index is 1.24. The number of pyridine rings is 1. The Bertz CT molecular complexity index is 1470. The van der Waals surface area contributed by atoms with Crippen LogP contribution in [0.1, 0.15) is 42.3 Å². The molecule has 0 amide bonds. The number of aliphatic hydroxyl groups excluding tert-OH is 1. The van der Waals surface area contributed by atoms with Gasteiger partial charge in [0, 0.05) is 25.1 Å². The van der Waals surface area contributed by atoms with Gasteiger partial charge in [-0.05, 0) is 67.5 Å². The minimum Gasteiger partial charge on any atom is -0.393 e. The van der Waals surface area contributed by atoms with Crippen LogP contribution in [-0.2, 0) is 0 Å². The van der Waals surface area contributed by atoms with Gasteiger partial charge >= 0.3 is 0 Å². The standard InChI is InChI=1S/C28H27F3N6O/c29-18-1-6-25(31)24(13-18)26-14-19(30)17-36(26)28-8-7-27-33-16-22(37(27)34-28)5-3-20-2-4-21(15-32-20)35-11-9-23(38)10-12-35/h1-8,13,15-16,19,23,26,38H,9-12,14,17H2/b5-3+/t19-,26+/m0/s1. The predicted molar refractivity (Wildman–Crippen MR) is 140 cm³/mol. The maximum absolute atomic E-state index is 14.5. The summed E-state index contributed by atoms with van der Waals surface area (Å²) >= 11 is 0. The molecule has 2 saturated heterocycles. The number of fused-ring (bicyclic) bond motifs is 1. The molecule has 4 aromatic rings. The fourth-order valence-corrected chi connectivity index (χ4v) is 5.23. The summed E-state index contributed by atoms with van der Waals surface area (Å²) < 4.78 is 44.5. The van der Waals surface area contributed by atoms with Crippen LogP contribution >= 0.6 is 0 Å². The van der Waals surface area contributed by atoms with Gasteiger partial charge in [0.2, 0.25) is 0 Å². The molecule has 6 rings (SSSR count). The summed E-state index contributed by atoms with van der Waals surface area (Å²) in [7, 11) is 0. The highest BCUT2D eigenvalue weighted by molar-refractivity contribution is 5.68. The molecule has 0 radical (unpaired) electrons. The van der Waals surface area contributed by atoms with Crippen LogP contribution in [0.3, 0.4) is 0 Å². The summed E-state index contributed by atoms with van der Waals surface area (Å²) in [5.41, 5.74) is 3.21. The monoisotopic (exact) mass is 520 g/mol. The fourth-order valence-electron chi connectivity index (χ4n) is 5.23. The zero-order valence-electron chi connectivity index (χ0n) is 20.6. The molecule has 2 atom stereocenters. The maximum atomic E-state index is 14.5. The molecule has 0 unspecified atom stereocenters. The summed E-state index contributed by atoms with van der Waals surface area (Å²) in [6, 6.07) is 10.0. The molecule has 5 heterocycles. The van der Waals surface area contributed by atoms with Gasteiger partial charge in [0.25, 0.3) is 0 Å². The fraction of sp³-hybridized carbons (Fsp3) is 0.321. The van der Waals surface area contributed by atoms with Crippen molar-refractivity contribution in [3.05, 3.63) is 83.4 Å². The van der Waals surface area contributed by atoms with E-state index in [-0.39, 0.29) is 24.6 Å². The summed E-state index contributed by atoms with van der Waals surface area (Å²) in [5, 5.41) is 14.4. The first-order valence-corrected chi connectivity index (χ1v) is 12.7. The van der Waals surface area contributed by atoms with Crippen LogP contribution in [0.4, 0.5) is 24.7 Å². The van der Waals surface area contributed by atoms with Crippen LogP contribution < -0.4 is 9.80 Å². The Kier molecular flexibility index (Phi) is 6.49. The highest BCUT2D eigenvalue weighted by Crippen LogP contribution is 2.38. The van der Waals surface area contributed by atoms with E-state index < -0.39 is 23.8 Å². The minimum atomic E-state index is -1.19. The Hall–Kier alpha value is -3.92. The summed E-state index contributed by atoms with van der Waals surface area (Å²) in [5.74, 6) is -0.683. The van der Waals surface area contributed by atoms with Crippen molar-refractivity contribution in [3.8, 4) is 0 Å². The highest BCUT2D eigenvalue weighted by Gasteiger charge is 2.36. The molecular formula is C28H27F3N6O. The average molecular weight is 521 g/mol. The Morgan fingerprint density at radius 2 is 1.79 bits per heavy atom. The average Bonchev–Trinajstić information content (AvgIpc) is 3.52. The molecule has 2 fully saturated rings. The van der Waals surface area contributed by atoms with Crippen molar-refractivity contribution in [3.63, 3.8) is 0 Å². The molecule has 3 aromatic heterocycles. The van der Waals surface area contributed by atoms with Crippen LogP contribution in [0.5, 0.6) is 0 Å². The van der Waals surface area contributed by atoms with Gasteiger partial charge in [0.1, 0.15) is 23.6 Å². The van der Waals surface area contributed by atoms with Gasteiger partial charge in [-0.15, -0.1) is 5.10 Å². The number of benzene rings is 1. The van der Waals surface area contributed by atoms with Gasteiger partial charge < -0.3 is 14.9 Å². The molecule has 196 valence electrons. The zero-order valence-corrected chi connectivity index (χ0v) is 20.6. The molecule has 10 heteroatoms. The molecule has 2 aliphatic rings. The van der Waals surface area contributed by atoms with Crippen LogP contribution in [-0.4, -0.2) is 56.6 Å². The topological polar surface area (TPSA) is 69.8 Å². The number of anilines is 2. The lowest BCUT2D eigenvalue weighted by atomic mass is 10.0. The van der Waals surface area contributed by atoms with Gasteiger partial charge in [0.15, 0.2) is 5.65 Å². The van der Waals surface area contributed by atoms with Crippen molar-refractivity contribution in [2.45, 2.75) is 37.6 Å². The summed E-state index contributed by atoms with van der Waals surface area (Å²) in [4.78, 5) is 12.8. The molecule has 0 bridgehead atoms. The van der Waals surface area contributed by atoms with Crippen LogP contribution in [0.2, 0.25) is 0 Å². The number of hydrogen-bond donors (Lipinski definition) is 1. The van der Waals surface area contributed by atoms with E-state index in [1.165, 1.54) is 0 Å². The van der Waals surface area contributed by atoms with Crippen molar-refractivity contribution in [2.24, 2.45) is 0 Å². The van der Waals surface area contributed by atoms with E-state index >= 15 is 0 Å². The number of halogens is 3. The molecule has 1 aromatic carbocycles. The lowest BCUT2D eigenvalue weighted by molar-refractivity contribution is 0.145. The van der Waals surface area contributed by atoms with Gasteiger partial charge in [-0.1, -0.05) is 0 Å². The number of aliphatic hydroxyl groups is 1. The van der Waals surface area contributed by atoms with Gasteiger partial charge in [-0.2, -0.15) is 0 Å². The van der Waals surface area contributed by atoms with Crippen molar-refractivity contribution in [1.82, 2.24) is 19.6 Å². The SMILES string of the molecule is OC1CCN(c2ccc(/C=C/c3cnc4ccc(N5C[C@@H](F)C[C@@H]5c5cc(F)ccc5F)nn34)nc2)CC1. The van der Waals surface area contributed by atoms with E-state index in [1.54, 1.807) is 27.7 Å². The third kappa shape index (κ3) is 4.83. The van der Waals surface area contributed by atoms with E-state index in [1.807, 2.05) is 30.5 Å². The lowest BCUT2D eigenvalue weighted by Crippen LogP contribution is -2.35. The highest BCUT2D eigenvalue weighted by atomic mass is 19.1.